The van der Waals surface area contributed by atoms with Crippen molar-refractivity contribution in [3.63, 3.8) is 0 Å². The molecule has 7 nitrogen and oxygen atoms in total. The molecular weight excluding hydrogens is 376 g/mol. The van der Waals surface area contributed by atoms with Gasteiger partial charge in [0.2, 0.25) is 15.9 Å². The number of nitrogens with zero attached hydrogens (tertiary/aromatic N) is 3. The molecule has 1 saturated carbocycles. The topological polar surface area (TPSA) is 82.6 Å². The summed E-state index contributed by atoms with van der Waals surface area (Å²) >= 11 is 0. The van der Waals surface area contributed by atoms with Crippen LogP contribution < -0.4 is 5.32 Å². The van der Waals surface area contributed by atoms with E-state index in [-0.39, 0.29) is 17.1 Å². The van der Waals surface area contributed by atoms with Crippen LogP contribution >= 0.6 is 0 Å². The number of aromatic nitrogens is 1. The predicted molar refractivity (Wildman–Crippen MR) is 107 cm³/mol. The molecule has 1 aliphatic carbocycles. The van der Waals surface area contributed by atoms with Gasteiger partial charge in [0.25, 0.3) is 0 Å². The lowest BCUT2D eigenvalue weighted by Gasteiger charge is -2.41. The number of amides is 1. The van der Waals surface area contributed by atoms with Crippen molar-refractivity contribution in [1.29, 1.82) is 0 Å². The molecule has 154 valence electrons. The number of hydrogen-bond acceptors (Lipinski definition) is 5. The van der Waals surface area contributed by atoms with E-state index in [9.17, 15) is 13.2 Å². The van der Waals surface area contributed by atoms with Crippen molar-refractivity contribution in [3.05, 3.63) is 30.1 Å². The fourth-order valence-corrected chi connectivity index (χ4v) is 6.30. The first-order valence-electron chi connectivity index (χ1n) is 10.4. The summed E-state index contributed by atoms with van der Waals surface area (Å²) in [4.78, 5) is 19.1. The van der Waals surface area contributed by atoms with Crippen LogP contribution in [0.5, 0.6) is 0 Å². The molecule has 1 aromatic rings. The number of carbonyl (C=O) groups is 1. The number of pyridine rings is 1. The molecule has 1 N–H and O–H groups in total. The first kappa shape index (κ1) is 19.8. The van der Waals surface area contributed by atoms with Gasteiger partial charge in [-0.15, -0.1) is 0 Å². The van der Waals surface area contributed by atoms with Crippen LogP contribution in [0.1, 0.15) is 44.1 Å². The number of piperidine rings is 2. The molecular formula is C20H30N4O3S. The van der Waals surface area contributed by atoms with Gasteiger partial charge in [0, 0.05) is 44.6 Å². The van der Waals surface area contributed by atoms with Crippen LogP contribution in [-0.4, -0.2) is 66.0 Å². The van der Waals surface area contributed by atoms with Gasteiger partial charge in [-0.05, 0) is 56.7 Å². The Morgan fingerprint density at radius 2 is 1.93 bits per heavy atom. The molecule has 0 unspecified atom stereocenters. The number of nitrogens with one attached hydrogen (secondary N) is 1. The van der Waals surface area contributed by atoms with Crippen LogP contribution in [0.25, 0.3) is 0 Å². The molecule has 0 spiro atoms. The predicted octanol–water partition coefficient (Wildman–Crippen LogP) is 1.37. The van der Waals surface area contributed by atoms with E-state index < -0.39 is 10.0 Å². The first-order chi connectivity index (χ1) is 13.5. The summed E-state index contributed by atoms with van der Waals surface area (Å²) < 4.78 is 26.5. The van der Waals surface area contributed by atoms with Gasteiger partial charge in [-0.1, -0.05) is 6.07 Å². The van der Waals surface area contributed by atoms with Gasteiger partial charge < -0.3 is 5.32 Å². The molecule has 1 amide bonds. The number of carbonyl (C=O) groups excluding carboxylic acids is 1. The lowest BCUT2D eigenvalue weighted by molar-refractivity contribution is -0.127. The third kappa shape index (κ3) is 4.55. The van der Waals surface area contributed by atoms with Crippen LogP contribution in [0.15, 0.2) is 24.5 Å². The smallest absolute Gasteiger partial charge is 0.224 e. The van der Waals surface area contributed by atoms with Crippen LogP contribution in [0.2, 0.25) is 0 Å². The van der Waals surface area contributed by atoms with Crippen molar-refractivity contribution in [1.82, 2.24) is 19.5 Å². The van der Waals surface area contributed by atoms with Crippen LogP contribution in [-0.2, 0) is 21.4 Å². The summed E-state index contributed by atoms with van der Waals surface area (Å²) in [5, 5.41) is 2.93. The average Bonchev–Trinajstić information content (AvgIpc) is 3.59. The summed E-state index contributed by atoms with van der Waals surface area (Å²) in [6, 6.07) is 4.23. The third-order valence-corrected chi connectivity index (χ3v) is 8.66. The van der Waals surface area contributed by atoms with Gasteiger partial charge in [-0.2, -0.15) is 0 Å². The maximum atomic E-state index is 12.6. The molecule has 28 heavy (non-hydrogen) atoms. The Labute approximate surface area is 167 Å². The number of sulfonamides is 1. The molecule has 2 saturated heterocycles. The summed E-state index contributed by atoms with van der Waals surface area (Å²) in [6.45, 7) is 3.54. The Hall–Kier alpha value is -1.51. The van der Waals surface area contributed by atoms with Crippen molar-refractivity contribution < 1.29 is 13.2 Å². The monoisotopic (exact) mass is 406 g/mol. The Kier molecular flexibility index (Phi) is 5.99. The molecule has 3 fully saturated rings. The van der Waals surface area contributed by atoms with Crippen molar-refractivity contribution >= 4 is 15.9 Å². The van der Waals surface area contributed by atoms with Crippen LogP contribution in [0, 0.1) is 5.92 Å². The molecule has 2 aliphatic heterocycles. The quantitative estimate of drug-likeness (QED) is 0.771. The van der Waals surface area contributed by atoms with Crippen molar-refractivity contribution in [2.75, 3.05) is 26.2 Å². The van der Waals surface area contributed by atoms with E-state index in [0.29, 0.717) is 25.7 Å². The highest BCUT2D eigenvalue weighted by atomic mass is 32.2. The molecule has 4 rings (SSSR count). The van der Waals surface area contributed by atoms with Gasteiger partial charge in [0.15, 0.2) is 0 Å². The van der Waals surface area contributed by atoms with E-state index in [1.165, 1.54) is 0 Å². The van der Waals surface area contributed by atoms with Crippen molar-refractivity contribution in [2.24, 2.45) is 5.92 Å². The van der Waals surface area contributed by atoms with Crippen molar-refractivity contribution in [3.8, 4) is 0 Å². The maximum Gasteiger partial charge on any atom is 0.224 e. The number of hydrogen-bond donors (Lipinski definition) is 1. The first-order valence-corrected chi connectivity index (χ1v) is 11.9. The normalized spacial score (nSPS) is 25.5. The van der Waals surface area contributed by atoms with Gasteiger partial charge in [0.05, 0.1) is 11.2 Å². The lowest BCUT2D eigenvalue weighted by Crippen LogP contribution is -2.51. The van der Waals surface area contributed by atoms with Crippen LogP contribution in [0.3, 0.4) is 0 Å². The maximum absolute atomic E-state index is 12.6. The minimum atomic E-state index is -3.06. The SMILES string of the molecule is O=C(NCc1cccnc1)[C@H]1CCCN(C2CCN(S(=O)(=O)C3CC3)CC2)C1. The highest BCUT2D eigenvalue weighted by molar-refractivity contribution is 7.90. The molecule has 0 bridgehead atoms. The Balaban J connectivity index is 1.26. The average molecular weight is 407 g/mol. The highest BCUT2D eigenvalue weighted by Gasteiger charge is 2.42. The molecule has 8 heteroatoms. The van der Waals surface area contributed by atoms with Gasteiger partial charge in [0.1, 0.15) is 0 Å². The van der Waals surface area contributed by atoms with E-state index in [1.54, 1.807) is 16.7 Å². The zero-order valence-corrected chi connectivity index (χ0v) is 17.1. The summed E-state index contributed by atoms with van der Waals surface area (Å²) in [7, 11) is -3.06. The second-order valence-corrected chi connectivity index (χ2v) is 10.5. The zero-order chi connectivity index (χ0) is 19.6. The summed E-state index contributed by atoms with van der Waals surface area (Å²) in [5.41, 5.74) is 1.01. The standard InChI is InChI=1S/C20H30N4O3S/c25-20(22-14-16-3-1-9-21-13-16)17-4-2-10-23(15-17)18-7-11-24(12-8-18)28(26,27)19-5-6-19/h1,3,9,13,17-19H,2,4-8,10-12,14-15H2,(H,22,25)/t17-/m0/s1. The van der Waals surface area contributed by atoms with Crippen LogP contribution in [0.4, 0.5) is 0 Å². The molecule has 0 aromatic carbocycles. The second kappa shape index (κ2) is 8.47. The highest BCUT2D eigenvalue weighted by Crippen LogP contribution is 2.33. The van der Waals surface area contributed by atoms with Gasteiger partial charge in [-0.3, -0.25) is 14.7 Å². The molecule has 0 radical (unpaired) electrons. The third-order valence-electron chi connectivity index (χ3n) is 6.26. The summed E-state index contributed by atoms with van der Waals surface area (Å²) in [5.74, 6) is 0.126. The molecule has 1 aromatic heterocycles. The fraction of sp³-hybridized carbons (Fsp3) is 0.700. The van der Waals surface area contributed by atoms with E-state index in [2.05, 4.69) is 15.2 Å². The minimum Gasteiger partial charge on any atom is -0.352 e. The largest absolute Gasteiger partial charge is 0.352 e. The lowest BCUT2D eigenvalue weighted by atomic mass is 9.93. The van der Waals surface area contributed by atoms with E-state index >= 15 is 0 Å². The second-order valence-electron chi connectivity index (χ2n) is 8.29. The van der Waals surface area contributed by atoms with E-state index in [0.717, 1.165) is 57.2 Å². The Morgan fingerprint density at radius 1 is 1.14 bits per heavy atom. The number of likely N-dealkylation sites (tertiary alicyclic amines) is 1. The van der Waals surface area contributed by atoms with Gasteiger partial charge in [-0.25, -0.2) is 12.7 Å². The van der Waals surface area contributed by atoms with Gasteiger partial charge >= 0.3 is 0 Å². The number of rotatable bonds is 6. The van der Waals surface area contributed by atoms with E-state index in [1.807, 2.05) is 12.1 Å². The molecule has 3 heterocycles. The molecule has 3 aliphatic rings. The Morgan fingerprint density at radius 3 is 2.61 bits per heavy atom. The Bertz CT molecular complexity index is 774. The zero-order valence-electron chi connectivity index (χ0n) is 16.3. The van der Waals surface area contributed by atoms with Crippen molar-refractivity contribution in [2.45, 2.75) is 56.4 Å². The molecule has 1 atom stereocenters. The minimum absolute atomic E-state index is 0.0126. The summed E-state index contributed by atoms with van der Waals surface area (Å²) in [6.07, 6.45) is 8.83. The fourth-order valence-electron chi connectivity index (χ4n) is 4.43. The van der Waals surface area contributed by atoms with E-state index in [4.69, 9.17) is 0 Å².